The van der Waals surface area contributed by atoms with E-state index in [-0.39, 0.29) is 6.10 Å². The maximum Gasteiger partial charge on any atom is 0.206 e. The molecule has 3 aromatic rings. The van der Waals surface area contributed by atoms with E-state index in [0.29, 0.717) is 5.95 Å². The molecule has 108 valence electrons. The highest BCUT2D eigenvalue weighted by molar-refractivity contribution is 9.10. The van der Waals surface area contributed by atoms with Crippen molar-refractivity contribution in [2.75, 3.05) is 5.73 Å². The molecule has 0 atom stereocenters. The average Bonchev–Trinajstić information content (AvgIpc) is 2.76. The van der Waals surface area contributed by atoms with Crippen molar-refractivity contribution in [2.24, 2.45) is 0 Å². The predicted molar refractivity (Wildman–Crippen MR) is 88.9 cm³/mol. The summed E-state index contributed by atoms with van der Waals surface area (Å²) < 4.78 is 8.71. The normalized spacial score (nSPS) is 11.2. The second kappa shape index (κ2) is 5.41. The number of nitrogen functional groups attached to an aromatic ring is 1. The molecule has 0 radical (unpaired) electrons. The fourth-order valence-electron chi connectivity index (χ4n) is 2.33. The summed E-state index contributed by atoms with van der Waals surface area (Å²) >= 11 is 3.56. The Balaban J connectivity index is 2.26. The third kappa shape index (κ3) is 2.49. The minimum absolute atomic E-state index is 0.0884. The summed E-state index contributed by atoms with van der Waals surface area (Å²) in [6.45, 7) is 3.99. The van der Waals surface area contributed by atoms with E-state index in [1.807, 2.05) is 60.9 Å². The van der Waals surface area contributed by atoms with Crippen molar-refractivity contribution in [1.29, 1.82) is 0 Å². The van der Waals surface area contributed by atoms with Gasteiger partial charge < -0.3 is 10.5 Å². The molecule has 2 aromatic carbocycles. The molecule has 0 saturated carbocycles. The number of fused-ring (bicyclic) bond motifs is 1. The number of nitrogens with zero attached hydrogens (tertiary/aromatic N) is 2. The first-order valence-electron chi connectivity index (χ1n) is 6.76. The van der Waals surface area contributed by atoms with Crippen LogP contribution in [0.1, 0.15) is 13.8 Å². The first kappa shape index (κ1) is 13.9. The number of hydrogen-bond acceptors (Lipinski definition) is 3. The van der Waals surface area contributed by atoms with Crippen molar-refractivity contribution in [3.63, 3.8) is 0 Å². The molecule has 5 heteroatoms. The Morgan fingerprint density at radius 3 is 2.62 bits per heavy atom. The largest absolute Gasteiger partial charge is 0.489 e. The molecule has 0 saturated heterocycles. The van der Waals surface area contributed by atoms with Crippen LogP contribution in [0.15, 0.2) is 46.9 Å². The number of rotatable bonds is 3. The first-order chi connectivity index (χ1) is 10.1. The van der Waals surface area contributed by atoms with Gasteiger partial charge in [-0.2, -0.15) is 0 Å². The molecule has 21 heavy (non-hydrogen) atoms. The van der Waals surface area contributed by atoms with Crippen molar-refractivity contribution in [3.8, 4) is 11.4 Å². The lowest BCUT2D eigenvalue weighted by atomic mass is 10.2. The molecular formula is C16H16BrN3O. The van der Waals surface area contributed by atoms with Gasteiger partial charge >= 0.3 is 0 Å². The van der Waals surface area contributed by atoms with Crippen LogP contribution in [0.25, 0.3) is 16.7 Å². The van der Waals surface area contributed by atoms with Crippen LogP contribution < -0.4 is 10.5 Å². The van der Waals surface area contributed by atoms with Crippen LogP contribution in [0.3, 0.4) is 0 Å². The Hall–Kier alpha value is -2.01. The molecule has 3 rings (SSSR count). The van der Waals surface area contributed by atoms with Crippen LogP contribution >= 0.6 is 15.9 Å². The van der Waals surface area contributed by atoms with Crippen molar-refractivity contribution < 1.29 is 4.74 Å². The van der Waals surface area contributed by atoms with Gasteiger partial charge in [-0.05, 0) is 54.0 Å². The highest BCUT2D eigenvalue weighted by Crippen LogP contribution is 2.32. The Morgan fingerprint density at radius 2 is 1.90 bits per heavy atom. The number of benzene rings is 2. The van der Waals surface area contributed by atoms with Crippen molar-refractivity contribution >= 4 is 32.9 Å². The van der Waals surface area contributed by atoms with Crippen molar-refractivity contribution in [1.82, 2.24) is 9.55 Å². The van der Waals surface area contributed by atoms with Gasteiger partial charge in [0.15, 0.2) is 0 Å². The van der Waals surface area contributed by atoms with Gasteiger partial charge in [0.1, 0.15) is 11.3 Å². The number of aromatic nitrogens is 2. The summed E-state index contributed by atoms with van der Waals surface area (Å²) in [7, 11) is 0. The Labute approximate surface area is 131 Å². The third-order valence-corrected chi connectivity index (χ3v) is 3.80. The van der Waals surface area contributed by atoms with Crippen LogP contribution in [0, 0.1) is 0 Å². The van der Waals surface area contributed by atoms with Gasteiger partial charge in [-0.1, -0.05) is 18.2 Å². The summed E-state index contributed by atoms with van der Waals surface area (Å²) in [5.74, 6) is 1.19. The molecule has 0 amide bonds. The minimum atomic E-state index is 0.0884. The summed E-state index contributed by atoms with van der Waals surface area (Å²) in [5.41, 5.74) is 8.79. The molecule has 0 fully saturated rings. The number of anilines is 1. The molecule has 4 nitrogen and oxygen atoms in total. The van der Waals surface area contributed by atoms with Gasteiger partial charge in [0.25, 0.3) is 0 Å². The number of imidazole rings is 1. The van der Waals surface area contributed by atoms with E-state index in [1.165, 1.54) is 0 Å². The van der Waals surface area contributed by atoms with E-state index in [9.17, 15) is 0 Å². The molecule has 2 N–H and O–H groups in total. The van der Waals surface area contributed by atoms with Crippen molar-refractivity contribution in [2.45, 2.75) is 20.0 Å². The van der Waals surface area contributed by atoms with Crippen LogP contribution in [0.4, 0.5) is 5.95 Å². The van der Waals surface area contributed by atoms with Gasteiger partial charge in [-0.15, -0.1) is 0 Å². The average molecular weight is 346 g/mol. The molecule has 1 heterocycles. The topological polar surface area (TPSA) is 53.1 Å². The summed E-state index contributed by atoms with van der Waals surface area (Å²) in [5, 5.41) is 0. The van der Waals surface area contributed by atoms with E-state index in [4.69, 9.17) is 10.5 Å². The second-order valence-electron chi connectivity index (χ2n) is 5.05. The molecule has 0 aliphatic rings. The third-order valence-electron chi connectivity index (χ3n) is 3.13. The Kier molecular flexibility index (Phi) is 3.59. The van der Waals surface area contributed by atoms with Crippen LogP contribution in [-0.4, -0.2) is 15.7 Å². The Bertz CT molecular complexity index is 795. The lowest BCUT2D eigenvalue weighted by Gasteiger charge is -2.11. The number of hydrogen-bond donors (Lipinski definition) is 1. The van der Waals surface area contributed by atoms with E-state index in [0.717, 1.165) is 26.9 Å². The Morgan fingerprint density at radius 1 is 1.14 bits per heavy atom. The fraction of sp³-hybridized carbons (Fsp3) is 0.188. The van der Waals surface area contributed by atoms with E-state index < -0.39 is 0 Å². The summed E-state index contributed by atoms with van der Waals surface area (Å²) in [4.78, 5) is 4.48. The van der Waals surface area contributed by atoms with Gasteiger partial charge in [-0.25, -0.2) is 4.98 Å². The maximum absolute atomic E-state index is 6.13. The van der Waals surface area contributed by atoms with Gasteiger partial charge in [0.05, 0.1) is 17.3 Å². The monoisotopic (exact) mass is 345 g/mol. The fourth-order valence-corrected chi connectivity index (χ4v) is 2.79. The summed E-state index contributed by atoms with van der Waals surface area (Å²) in [6.07, 6.45) is 0.0884. The minimum Gasteiger partial charge on any atom is -0.489 e. The highest BCUT2D eigenvalue weighted by Gasteiger charge is 2.15. The molecule has 0 bridgehead atoms. The van der Waals surface area contributed by atoms with Gasteiger partial charge in [0.2, 0.25) is 5.95 Å². The lowest BCUT2D eigenvalue weighted by molar-refractivity contribution is 0.245. The van der Waals surface area contributed by atoms with Crippen molar-refractivity contribution in [3.05, 3.63) is 46.9 Å². The standard InChI is InChI=1S/C16H16BrN3O/c1-10(2)21-14-9-5-8-13-15(14)19-16(18)20(13)12-7-4-3-6-11(12)17/h3-10H,1-2H3,(H2,18,19). The van der Waals surface area contributed by atoms with E-state index in [2.05, 4.69) is 20.9 Å². The zero-order valence-electron chi connectivity index (χ0n) is 11.9. The van der Waals surface area contributed by atoms with Gasteiger partial charge in [0, 0.05) is 4.47 Å². The molecule has 0 aliphatic heterocycles. The van der Waals surface area contributed by atoms with Crippen LogP contribution in [0.2, 0.25) is 0 Å². The zero-order valence-corrected chi connectivity index (χ0v) is 13.5. The molecule has 0 aliphatic carbocycles. The SMILES string of the molecule is CC(C)Oc1cccc2c1nc(N)n2-c1ccccc1Br. The van der Waals surface area contributed by atoms with Crippen LogP contribution in [-0.2, 0) is 0 Å². The van der Waals surface area contributed by atoms with Gasteiger partial charge in [-0.3, -0.25) is 4.57 Å². The van der Waals surface area contributed by atoms with E-state index in [1.54, 1.807) is 0 Å². The zero-order chi connectivity index (χ0) is 15.0. The van der Waals surface area contributed by atoms with E-state index >= 15 is 0 Å². The molecule has 1 aromatic heterocycles. The number of nitrogens with two attached hydrogens (primary N) is 1. The summed E-state index contributed by atoms with van der Waals surface area (Å²) in [6, 6.07) is 13.8. The molecular weight excluding hydrogens is 330 g/mol. The molecule has 0 unspecified atom stereocenters. The molecule has 0 spiro atoms. The van der Waals surface area contributed by atoms with Crippen LogP contribution in [0.5, 0.6) is 5.75 Å². The number of halogens is 1. The highest BCUT2D eigenvalue weighted by atomic mass is 79.9. The predicted octanol–water partition coefficient (Wildman–Crippen LogP) is 4.16. The second-order valence-corrected chi connectivity index (χ2v) is 5.90. The number of para-hydroxylation sites is 2. The lowest BCUT2D eigenvalue weighted by Crippen LogP contribution is -2.05. The quantitative estimate of drug-likeness (QED) is 0.775. The number of ether oxygens (including phenoxy) is 1. The smallest absolute Gasteiger partial charge is 0.206 e. The maximum atomic E-state index is 6.13. The first-order valence-corrected chi connectivity index (χ1v) is 7.55.